The molecule has 2 atom stereocenters. The van der Waals surface area contributed by atoms with Crippen LogP contribution in [0.5, 0.6) is 17.2 Å². The van der Waals surface area contributed by atoms with Crippen LogP contribution in [0, 0.1) is 0 Å². The van der Waals surface area contributed by atoms with Crippen LogP contribution in [0.25, 0.3) is 0 Å². The molecule has 7 nitrogen and oxygen atoms in total. The zero-order chi connectivity index (χ0) is 22.8. The van der Waals surface area contributed by atoms with E-state index in [-0.39, 0.29) is 11.8 Å². The summed E-state index contributed by atoms with van der Waals surface area (Å²) < 4.78 is 16.3. The number of thiophene rings is 1. The number of nitrogens with one attached hydrogen (secondary N) is 1. The number of carbonyl (C=O) groups excluding carboxylic acids is 2. The number of para-hydroxylation sites is 2. The van der Waals surface area contributed by atoms with Crippen molar-refractivity contribution in [1.29, 1.82) is 0 Å². The van der Waals surface area contributed by atoms with Crippen molar-refractivity contribution in [1.82, 2.24) is 4.90 Å². The molecule has 0 bridgehead atoms. The highest BCUT2D eigenvalue weighted by Gasteiger charge is 2.44. The molecule has 32 heavy (non-hydrogen) atoms. The van der Waals surface area contributed by atoms with Crippen LogP contribution in [0.15, 0.2) is 53.9 Å². The van der Waals surface area contributed by atoms with Crippen LogP contribution in [0.3, 0.4) is 0 Å². The first-order valence-electron chi connectivity index (χ1n) is 10.0. The van der Waals surface area contributed by atoms with Crippen LogP contribution in [0.1, 0.15) is 32.8 Å². The summed E-state index contributed by atoms with van der Waals surface area (Å²) in [5.74, 6) is 0.355. The molecule has 3 aromatic rings. The van der Waals surface area contributed by atoms with Gasteiger partial charge in [-0.15, -0.1) is 11.3 Å². The molecule has 2 amide bonds. The minimum absolute atomic E-state index is 0.180. The van der Waals surface area contributed by atoms with Crippen molar-refractivity contribution in [2.75, 3.05) is 33.7 Å². The van der Waals surface area contributed by atoms with Crippen molar-refractivity contribution in [3.63, 3.8) is 0 Å². The molecule has 0 fully saturated rings. The summed E-state index contributed by atoms with van der Waals surface area (Å²) in [6.07, 6.45) is 0. The van der Waals surface area contributed by atoms with E-state index in [2.05, 4.69) is 5.32 Å². The first-order chi connectivity index (χ1) is 15.5. The number of anilines is 1. The number of hydrogen-bond acceptors (Lipinski definition) is 6. The second kappa shape index (κ2) is 8.92. The molecule has 1 N–H and O–H groups in total. The van der Waals surface area contributed by atoms with E-state index in [0.717, 1.165) is 4.88 Å². The zero-order valence-corrected chi connectivity index (χ0v) is 19.1. The number of amides is 2. The van der Waals surface area contributed by atoms with Crippen LogP contribution in [0.4, 0.5) is 5.69 Å². The van der Waals surface area contributed by atoms with Crippen molar-refractivity contribution < 1.29 is 23.8 Å². The Bertz CT molecular complexity index is 1150. The van der Waals surface area contributed by atoms with Gasteiger partial charge in [-0.3, -0.25) is 9.59 Å². The molecule has 0 unspecified atom stereocenters. The molecule has 0 radical (unpaired) electrons. The van der Waals surface area contributed by atoms with E-state index < -0.39 is 12.0 Å². The fraction of sp³-hybridized carbons (Fsp3) is 0.250. The molecular formula is C24H24N2O5S. The van der Waals surface area contributed by atoms with Crippen LogP contribution in [-0.4, -0.2) is 45.1 Å². The van der Waals surface area contributed by atoms with Crippen molar-refractivity contribution in [2.24, 2.45) is 0 Å². The van der Waals surface area contributed by atoms with Gasteiger partial charge in [0.25, 0.3) is 5.91 Å². The number of nitrogens with zero attached hydrogens (tertiary/aromatic N) is 1. The Morgan fingerprint density at radius 2 is 1.66 bits per heavy atom. The van der Waals surface area contributed by atoms with E-state index in [1.54, 1.807) is 43.3 Å². The number of carbonyl (C=O) groups is 2. The van der Waals surface area contributed by atoms with Crippen LogP contribution in [-0.2, 0) is 4.79 Å². The zero-order valence-electron chi connectivity index (χ0n) is 18.2. The number of benzene rings is 2. The lowest BCUT2D eigenvalue weighted by molar-refractivity contribution is -0.119. The second-order valence-corrected chi connectivity index (χ2v) is 8.32. The van der Waals surface area contributed by atoms with E-state index in [1.165, 1.54) is 25.6 Å². The number of rotatable bonds is 6. The Morgan fingerprint density at radius 1 is 0.969 bits per heavy atom. The van der Waals surface area contributed by atoms with Gasteiger partial charge in [-0.05, 0) is 41.3 Å². The Hall–Kier alpha value is -3.52. The standard InChI is InChI=1S/C24H24N2O5S/c1-26-22(20-10-7-11-32-20)21(23(27)25-16-8-5-6-9-17(16)29-2)14-12-18(30-3)19(31-4)13-15(14)24(26)28/h5-13,21-22H,1-4H3,(H,25,27)/t21-,22-/m1/s1. The largest absolute Gasteiger partial charge is 0.495 e. The SMILES string of the molecule is COc1ccccc1NC(=O)[C@@H]1c2cc(OC)c(OC)cc2C(=O)N(C)[C@@H]1c1cccs1. The molecular weight excluding hydrogens is 428 g/mol. The number of fused-ring (bicyclic) bond motifs is 1. The Balaban J connectivity index is 1.87. The maximum atomic E-state index is 13.7. The number of hydrogen-bond donors (Lipinski definition) is 1. The summed E-state index contributed by atoms with van der Waals surface area (Å²) in [6.45, 7) is 0. The van der Waals surface area contributed by atoms with E-state index in [1.807, 2.05) is 29.6 Å². The third-order valence-electron chi connectivity index (χ3n) is 5.66. The van der Waals surface area contributed by atoms with Gasteiger partial charge in [0.05, 0.1) is 39.0 Å². The van der Waals surface area contributed by atoms with Gasteiger partial charge in [-0.25, -0.2) is 0 Å². The quantitative estimate of drug-likeness (QED) is 0.603. The maximum Gasteiger partial charge on any atom is 0.254 e. The van der Waals surface area contributed by atoms with Crippen molar-refractivity contribution in [2.45, 2.75) is 12.0 Å². The summed E-state index contributed by atoms with van der Waals surface area (Å²) in [6, 6.07) is 14.0. The topological polar surface area (TPSA) is 77.1 Å². The summed E-state index contributed by atoms with van der Waals surface area (Å²) in [4.78, 5) is 29.6. The van der Waals surface area contributed by atoms with Crippen LogP contribution in [0.2, 0.25) is 0 Å². The molecule has 1 aliphatic heterocycles. The van der Waals surface area contributed by atoms with Crippen molar-refractivity contribution >= 4 is 28.8 Å². The lowest BCUT2D eigenvalue weighted by Crippen LogP contribution is -2.43. The maximum absolute atomic E-state index is 13.7. The highest BCUT2D eigenvalue weighted by molar-refractivity contribution is 7.10. The summed E-state index contributed by atoms with van der Waals surface area (Å²) in [7, 11) is 6.32. The molecule has 0 aliphatic carbocycles. The van der Waals surface area contributed by atoms with E-state index >= 15 is 0 Å². The first kappa shape index (κ1) is 21.7. The van der Waals surface area contributed by atoms with E-state index in [4.69, 9.17) is 14.2 Å². The highest BCUT2D eigenvalue weighted by atomic mass is 32.1. The fourth-order valence-corrected chi connectivity index (χ4v) is 5.01. The molecule has 0 spiro atoms. The van der Waals surface area contributed by atoms with Gasteiger partial charge >= 0.3 is 0 Å². The molecule has 8 heteroatoms. The lowest BCUT2D eigenvalue weighted by atomic mass is 9.81. The summed E-state index contributed by atoms with van der Waals surface area (Å²) >= 11 is 1.51. The third-order valence-corrected chi connectivity index (χ3v) is 6.60. The van der Waals surface area contributed by atoms with Gasteiger partial charge in [-0.2, -0.15) is 0 Å². The van der Waals surface area contributed by atoms with E-state index in [9.17, 15) is 9.59 Å². The molecule has 0 saturated carbocycles. The van der Waals surface area contributed by atoms with Gasteiger partial charge < -0.3 is 24.4 Å². The molecule has 0 saturated heterocycles. The second-order valence-electron chi connectivity index (χ2n) is 7.34. The average Bonchev–Trinajstić information content (AvgIpc) is 3.35. The molecule has 2 heterocycles. The smallest absolute Gasteiger partial charge is 0.254 e. The monoisotopic (exact) mass is 452 g/mol. The first-order valence-corrected chi connectivity index (χ1v) is 10.9. The molecule has 166 valence electrons. The van der Waals surface area contributed by atoms with Gasteiger partial charge in [0.15, 0.2) is 11.5 Å². The summed E-state index contributed by atoms with van der Waals surface area (Å²) in [5, 5.41) is 4.93. The fourth-order valence-electron chi connectivity index (χ4n) is 4.10. The van der Waals surface area contributed by atoms with Gasteiger partial charge in [0.2, 0.25) is 5.91 Å². The molecule has 1 aromatic heterocycles. The number of ether oxygens (including phenoxy) is 3. The minimum Gasteiger partial charge on any atom is -0.495 e. The summed E-state index contributed by atoms with van der Waals surface area (Å²) in [5.41, 5.74) is 1.57. The highest BCUT2D eigenvalue weighted by Crippen LogP contribution is 2.47. The Kier molecular flexibility index (Phi) is 6.05. The molecule has 4 rings (SSSR count). The Labute approximate surface area is 190 Å². The number of likely N-dealkylation sites (N-methyl/N-ethyl adjacent to an activating group) is 1. The number of methoxy groups -OCH3 is 3. The predicted octanol–water partition coefficient (Wildman–Crippen LogP) is 4.32. The molecule has 2 aromatic carbocycles. The van der Waals surface area contributed by atoms with Gasteiger partial charge in [-0.1, -0.05) is 18.2 Å². The van der Waals surface area contributed by atoms with Crippen molar-refractivity contribution in [3.8, 4) is 17.2 Å². The van der Waals surface area contributed by atoms with Gasteiger partial charge in [0.1, 0.15) is 5.75 Å². The van der Waals surface area contributed by atoms with Crippen molar-refractivity contribution in [3.05, 3.63) is 69.9 Å². The Morgan fingerprint density at radius 3 is 2.31 bits per heavy atom. The average molecular weight is 453 g/mol. The van der Waals surface area contributed by atoms with Crippen LogP contribution < -0.4 is 19.5 Å². The molecule has 1 aliphatic rings. The third kappa shape index (κ3) is 3.67. The van der Waals surface area contributed by atoms with E-state index in [0.29, 0.717) is 34.1 Å². The lowest BCUT2D eigenvalue weighted by Gasteiger charge is -2.39. The van der Waals surface area contributed by atoms with Crippen LogP contribution >= 0.6 is 11.3 Å². The van der Waals surface area contributed by atoms with Gasteiger partial charge in [0, 0.05) is 17.5 Å². The normalized spacial score (nSPS) is 17.5. The predicted molar refractivity (Wildman–Crippen MR) is 123 cm³/mol. The minimum atomic E-state index is -0.670.